The molecule has 3 aromatic heterocycles. The number of amides is 1. The number of rotatable bonds is 4. The molecule has 0 aliphatic heterocycles. The summed E-state index contributed by atoms with van der Waals surface area (Å²) in [6, 6.07) is 8.89. The summed E-state index contributed by atoms with van der Waals surface area (Å²) in [6.45, 7) is 1.85. The Morgan fingerprint density at radius 2 is 1.81 bits per heavy atom. The molecule has 0 aliphatic rings. The van der Waals surface area contributed by atoms with Gasteiger partial charge in [0.25, 0.3) is 5.91 Å². The van der Waals surface area contributed by atoms with Gasteiger partial charge in [-0.2, -0.15) is 13.2 Å². The normalized spacial score (nSPS) is 11.3. The molecule has 3 N–H and O–H groups in total. The third kappa shape index (κ3) is 5.85. The molecule has 0 bridgehead atoms. The lowest BCUT2D eigenvalue weighted by atomic mass is 10.0. The van der Waals surface area contributed by atoms with Gasteiger partial charge in [-0.15, -0.1) is 0 Å². The first-order valence-electron chi connectivity index (χ1n) is 11.2. The summed E-state index contributed by atoms with van der Waals surface area (Å²) in [5.74, 6) is 5.71. The van der Waals surface area contributed by atoms with Crippen LogP contribution in [0.5, 0.6) is 0 Å². The van der Waals surface area contributed by atoms with Gasteiger partial charge in [0.05, 0.1) is 22.4 Å². The van der Waals surface area contributed by atoms with Gasteiger partial charge in [-0.1, -0.05) is 17.9 Å². The molecule has 0 saturated carbocycles. The number of nitrogens with one attached hydrogen (secondary N) is 1. The van der Waals surface area contributed by atoms with Gasteiger partial charge in [-0.25, -0.2) is 4.98 Å². The van der Waals surface area contributed by atoms with E-state index < -0.39 is 17.6 Å². The smallest absolute Gasteiger partial charge is 0.382 e. The van der Waals surface area contributed by atoms with Crippen molar-refractivity contribution in [3.8, 4) is 11.8 Å². The number of nitrogens with zero attached hydrogens (tertiary/aromatic N) is 4. The molecule has 1 aromatic carbocycles. The number of nitrogens with two attached hydrogens (primary N) is 1. The molecule has 1 amide bonds. The highest BCUT2D eigenvalue weighted by molar-refractivity contribution is 6.04. The van der Waals surface area contributed by atoms with Crippen LogP contribution in [0.3, 0.4) is 0 Å². The van der Waals surface area contributed by atoms with Gasteiger partial charge < -0.3 is 16.0 Å². The van der Waals surface area contributed by atoms with E-state index in [4.69, 9.17) is 5.73 Å². The van der Waals surface area contributed by atoms with Gasteiger partial charge >= 0.3 is 6.18 Å². The maximum Gasteiger partial charge on any atom is 0.416 e. The molecule has 0 fully saturated rings. The van der Waals surface area contributed by atoms with Gasteiger partial charge in [0.2, 0.25) is 0 Å². The first-order chi connectivity index (χ1) is 17.5. The van der Waals surface area contributed by atoms with Crippen LogP contribution >= 0.6 is 0 Å². The molecule has 3 heterocycles. The Labute approximate surface area is 211 Å². The number of alkyl halides is 3. The van der Waals surface area contributed by atoms with Crippen molar-refractivity contribution in [2.45, 2.75) is 19.6 Å². The fourth-order valence-electron chi connectivity index (χ4n) is 3.71. The van der Waals surface area contributed by atoms with Crippen LogP contribution in [0.1, 0.15) is 38.3 Å². The highest BCUT2D eigenvalue weighted by Gasteiger charge is 2.33. The predicted molar refractivity (Wildman–Crippen MR) is 136 cm³/mol. The predicted octanol–water partition coefficient (Wildman–Crippen LogP) is 4.65. The van der Waals surface area contributed by atoms with Crippen molar-refractivity contribution in [2.75, 3.05) is 25.1 Å². The Hall–Kier alpha value is -4.49. The number of fused-ring (bicyclic) bond motifs is 1. The third-order valence-corrected chi connectivity index (χ3v) is 5.51. The van der Waals surface area contributed by atoms with E-state index in [9.17, 15) is 18.0 Å². The summed E-state index contributed by atoms with van der Waals surface area (Å²) in [5, 5.41) is 3.27. The van der Waals surface area contributed by atoms with Gasteiger partial charge in [0.1, 0.15) is 11.3 Å². The lowest BCUT2D eigenvalue weighted by molar-refractivity contribution is -0.138. The average molecular weight is 505 g/mol. The van der Waals surface area contributed by atoms with Crippen LogP contribution in [0, 0.1) is 18.8 Å². The topological polar surface area (TPSA) is 97.0 Å². The van der Waals surface area contributed by atoms with Crippen molar-refractivity contribution in [3.05, 3.63) is 88.5 Å². The minimum Gasteiger partial charge on any atom is -0.382 e. The molecular formula is C27H23F3N6O. The second kappa shape index (κ2) is 10.2. The Morgan fingerprint density at radius 1 is 1.05 bits per heavy atom. The van der Waals surface area contributed by atoms with Gasteiger partial charge in [0.15, 0.2) is 0 Å². The molecule has 4 aromatic rings. The Bertz CT molecular complexity index is 1550. The van der Waals surface area contributed by atoms with Crippen LogP contribution in [0.4, 0.5) is 24.7 Å². The fraction of sp³-hybridized carbons (Fsp3) is 0.185. The SMILES string of the molecule is Cc1ncc(C(=O)Nc2ccc(CN(C)C)c(C(F)(F)F)c2)cc1C#Cc1cnc(N)c2ncccc12. The molecule has 37 heavy (non-hydrogen) atoms. The molecule has 0 saturated heterocycles. The highest BCUT2D eigenvalue weighted by atomic mass is 19.4. The number of carbonyl (C=O) groups excluding carboxylic acids is 1. The van der Waals surface area contributed by atoms with Crippen LogP contribution in [0.2, 0.25) is 0 Å². The summed E-state index contributed by atoms with van der Waals surface area (Å²) in [6.07, 6.45) is -0.0486. The zero-order valence-corrected chi connectivity index (χ0v) is 20.3. The number of aromatic nitrogens is 3. The molecule has 188 valence electrons. The summed E-state index contributed by atoms with van der Waals surface area (Å²) < 4.78 is 40.8. The molecule has 0 spiro atoms. The monoisotopic (exact) mass is 504 g/mol. The minimum atomic E-state index is -4.56. The molecule has 0 radical (unpaired) electrons. The van der Waals surface area contributed by atoms with Gasteiger partial charge in [-0.3, -0.25) is 14.8 Å². The van der Waals surface area contributed by atoms with E-state index in [-0.39, 0.29) is 23.4 Å². The van der Waals surface area contributed by atoms with Crippen LogP contribution in [0.15, 0.2) is 55.0 Å². The minimum absolute atomic E-state index is 0.0277. The highest BCUT2D eigenvalue weighted by Crippen LogP contribution is 2.34. The van der Waals surface area contributed by atoms with Crippen molar-refractivity contribution in [1.29, 1.82) is 0 Å². The average Bonchev–Trinajstić information content (AvgIpc) is 2.84. The maximum absolute atomic E-state index is 13.6. The maximum atomic E-state index is 13.6. The van der Waals surface area contributed by atoms with Crippen LogP contribution in [-0.4, -0.2) is 39.9 Å². The van der Waals surface area contributed by atoms with E-state index in [1.54, 1.807) is 50.4 Å². The van der Waals surface area contributed by atoms with E-state index in [0.29, 0.717) is 28.2 Å². The lowest BCUT2D eigenvalue weighted by Crippen LogP contribution is -2.18. The molecule has 10 heteroatoms. The van der Waals surface area contributed by atoms with Crippen molar-refractivity contribution in [2.24, 2.45) is 0 Å². The summed E-state index contributed by atoms with van der Waals surface area (Å²) in [5.41, 5.74) is 7.60. The largest absolute Gasteiger partial charge is 0.416 e. The molecule has 4 rings (SSSR count). The quantitative estimate of drug-likeness (QED) is 0.393. The number of hydrogen-bond donors (Lipinski definition) is 2. The van der Waals surface area contributed by atoms with E-state index >= 15 is 0 Å². The molecule has 0 aliphatic carbocycles. The third-order valence-electron chi connectivity index (χ3n) is 5.51. The molecule has 7 nitrogen and oxygen atoms in total. The summed E-state index contributed by atoms with van der Waals surface area (Å²) in [4.78, 5) is 27.1. The molecule has 0 unspecified atom stereocenters. The second-order valence-electron chi connectivity index (χ2n) is 8.63. The van der Waals surface area contributed by atoms with Crippen molar-refractivity contribution >= 4 is 28.3 Å². The summed E-state index contributed by atoms with van der Waals surface area (Å²) in [7, 11) is 3.37. The number of carbonyl (C=O) groups is 1. The first kappa shape index (κ1) is 25.6. The number of hydrogen-bond acceptors (Lipinski definition) is 6. The van der Waals surface area contributed by atoms with Gasteiger partial charge in [-0.05, 0) is 56.9 Å². The number of aryl methyl sites for hydroxylation is 1. The Kier molecular flexibility index (Phi) is 7.09. The fourth-order valence-corrected chi connectivity index (χ4v) is 3.71. The van der Waals surface area contributed by atoms with Gasteiger partial charge in [0, 0.05) is 41.8 Å². The Balaban J connectivity index is 1.62. The lowest BCUT2D eigenvalue weighted by Gasteiger charge is -2.17. The molecule has 0 atom stereocenters. The second-order valence-corrected chi connectivity index (χ2v) is 8.63. The number of pyridine rings is 3. The van der Waals surface area contributed by atoms with E-state index in [2.05, 4.69) is 32.1 Å². The van der Waals surface area contributed by atoms with E-state index in [1.807, 2.05) is 6.07 Å². The van der Waals surface area contributed by atoms with Crippen LogP contribution in [-0.2, 0) is 12.7 Å². The molecular weight excluding hydrogens is 481 g/mol. The summed E-state index contributed by atoms with van der Waals surface area (Å²) >= 11 is 0. The van der Waals surface area contributed by atoms with Crippen molar-refractivity contribution < 1.29 is 18.0 Å². The van der Waals surface area contributed by atoms with Crippen LogP contribution < -0.4 is 11.1 Å². The van der Waals surface area contributed by atoms with E-state index in [1.165, 1.54) is 18.3 Å². The zero-order chi connectivity index (χ0) is 26.7. The number of anilines is 2. The standard InChI is InChI=1S/C27H23F3N6O/c1-16-17(6-7-18-13-34-25(31)24-22(18)5-4-10-32-24)11-20(14-33-16)26(37)35-21-9-8-19(15-36(2)3)23(12-21)27(28,29)30/h4-5,8-14H,15H2,1-3H3,(H2,31,34)(H,35,37). The van der Waals surface area contributed by atoms with Crippen LogP contribution in [0.25, 0.3) is 10.9 Å². The first-order valence-corrected chi connectivity index (χ1v) is 11.2. The van der Waals surface area contributed by atoms with E-state index in [0.717, 1.165) is 11.5 Å². The van der Waals surface area contributed by atoms with Crippen molar-refractivity contribution in [1.82, 2.24) is 19.9 Å². The Morgan fingerprint density at radius 3 is 2.54 bits per heavy atom. The van der Waals surface area contributed by atoms with Crippen molar-refractivity contribution in [3.63, 3.8) is 0 Å². The number of halogens is 3. The number of nitrogen functional groups attached to an aromatic ring is 1. The zero-order valence-electron chi connectivity index (χ0n) is 20.3. The number of benzene rings is 1.